The van der Waals surface area contributed by atoms with Gasteiger partial charge >= 0.3 is 0 Å². The molecule has 2 aromatic rings. The molecular weight excluding hydrogens is 245 g/mol. The Hall–Kier alpha value is -1.88. The van der Waals surface area contributed by atoms with Crippen molar-refractivity contribution in [1.29, 1.82) is 0 Å². The molecule has 1 atom stereocenters. The Kier molecular flexibility index (Phi) is 2.98. The van der Waals surface area contributed by atoms with Gasteiger partial charge in [-0.25, -0.2) is 9.37 Å². The second-order valence-corrected chi connectivity index (χ2v) is 4.84. The topological polar surface area (TPSA) is 53.1 Å². The highest BCUT2D eigenvalue weighted by molar-refractivity contribution is 5.60. The number of hydrogen-bond acceptors (Lipinski definition) is 3. The first-order valence-corrected chi connectivity index (χ1v) is 6.33. The van der Waals surface area contributed by atoms with Gasteiger partial charge in [-0.1, -0.05) is 0 Å². The number of nitrogens with two attached hydrogens (primary N) is 1. The van der Waals surface area contributed by atoms with Crippen LogP contribution in [0.1, 0.15) is 12.2 Å². The Morgan fingerprint density at radius 2 is 2.32 bits per heavy atom. The summed E-state index contributed by atoms with van der Waals surface area (Å²) in [6.45, 7) is 0.779. The number of ether oxygens (including phenoxy) is 1. The van der Waals surface area contributed by atoms with Crippen LogP contribution in [0, 0.1) is 5.82 Å². The maximum atomic E-state index is 13.7. The molecule has 1 aromatic carbocycles. The lowest BCUT2D eigenvalue weighted by Gasteiger charge is -2.19. The van der Waals surface area contributed by atoms with E-state index >= 15 is 0 Å². The Morgan fingerprint density at radius 3 is 3.05 bits per heavy atom. The predicted molar refractivity (Wildman–Crippen MR) is 70.5 cm³/mol. The van der Waals surface area contributed by atoms with Crippen LogP contribution in [0.3, 0.4) is 0 Å². The predicted octanol–water partition coefficient (Wildman–Crippen LogP) is 1.97. The fourth-order valence-electron chi connectivity index (χ4n) is 2.44. The fraction of sp³-hybridized carbons (Fsp3) is 0.357. The molecule has 3 rings (SSSR count). The molecule has 19 heavy (non-hydrogen) atoms. The number of rotatable bonds is 2. The van der Waals surface area contributed by atoms with Gasteiger partial charge in [0.25, 0.3) is 0 Å². The molecule has 0 aliphatic carbocycles. The summed E-state index contributed by atoms with van der Waals surface area (Å²) in [5.41, 5.74) is 7.48. The third kappa shape index (κ3) is 2.21. The summed E-state index contributed by atoms with van der Waals surface area (Å²) in [6.07, 6.45) is 3.77. The van der Waals surface area contributed by atoms with E-state index in [0.717, 1.165) is 36.5 Å². The van der Waals surface area contributed by atoms with Gasteiger partial charge in [0.2, 0.25) is 0 Å². The number of benzene rings is 1. The molecule has 0 radical (unpaired) electrons. The van der Waals surface area contributed by atoms with Crippen molar-refractivity contribution in [1.82, 2.24) is 9.55 Å². The minimum atomic E-state index is -0.373. The van der Waals surface area contributed by atoms with Gasteiger partial charge in [0.05, 0.1) is 12.8 Å². The third-order valence-electron chi connectivity index (χ3n) is 3.48. The molecule has 2 heterocycles. The van der Waals surface area contributed by atoms with Crippen molar-refractivity contribution in [2.24, 2.45) is 5.73 Å². The molecule has 0 fully saturated rings. The summed E-state index contributed by atoms with van der Waals surface area (Å²) in [5.74, 6) is 0.894. The van der Waals surface area contributed by atoms with Crippen LogP contribution in [-0.4, -0.2) is 22.7 Å². The lowest BCUT2D eigenvalue weighted by Crippen LogP contribution is -2.31. The van der Waals surface area contributed by atoms with Gasteiger partial charge in [-0.15, -0.1) is 0 Å². The number of halogens is 1. The number of aromatic nitrogens is 2. The summed E-state index contributed by atoms with van der Waals surface area (Å²) in [6, 6.07) is 5.07. The van der Waals surface area contributed by atoms with Crippen molar-refractivity contribution >= 4 is 0 Å². The van der Waals surface area contributed by atoms with E-state index in [9.17, 15) is 4.39 Å². The average Bonchev–Trinajstić information content (AvgIpc) is 2.81. The number of methoxy groups -OCH3 is 1. The normalized spacial score (nSPS) is 18.2. The zero-order valence-corrected chi connectivity index (χ0v) is 10.8. The van der Waals surface area contributed by atoms with Crippen molar-refractivity contribution in [2.45, 2.75) is 25.4 Å². The van der Waals surface area contributed by atoms with Crippen LogP contribution in [0.2, 0.25) is 0 Å². The lowest BCUT2D eigenvalue weighted by molar-refractivity contribution is 0.386. The van der Waals surface area contributed by atoms with E-state index in [-0.39, 0.29) is 17.6 Å². The highest BCUT2D eigenvalue weighted by atomic mass is 19.1. The van der Waals surface area contributed by atoms with Gasteiger partial charge in [0, 0.05) is 30.8 Å². The number of imidazole rings is 1. The van der Waals surface area contributed by atoms with Gasteiger partial charge in [-0.05, 0) is 24.6 Å². The Labute approximate surface area is 111 Å². The molecule has 1 aliphatic heterocycles. The molecule has 1 unspecified atom stereocenters. The van der Waals surface area contributed by atoms with Crippen molar-refractivity contribution < 1.29 is 9.13 Å². The van der Waals surface area contributed by atoms with Crippen LogP contribution < -0.4 is 10.5 Å². The smallest absolute Gasteiger partial charge is 0.165 e. The maximum Gasteiger partial charge on any atom is 0.165 e. The van der Waals surface area contributed by atoms with Gasteiger partial charge in [0.1, 0.15) is 5.82 Å². The maximum absolute atomic E-state index is 13.7. The van der Waals surface area contributed by atoms with Crippen molar-refractivity contribution in [3.8, 4) is 17.0 Å². The summed E-state index contributed by atoms with van der Waals surface area (Å²) >= 11 is 0. The minimum Gasteiger partial charge on any atom is -0.494 e. The summed E-state index contributed by atoms with van der Waals surface area (Å²) < 4.78 is 20.7. The van der Waals surface area contributed by atoms with Gasteiger partial charge in [0.15, 0.2) is 11.6 Å². The summed E-state index contributed by atoms with van der Waals surface area (Å²) in [7, 11) is 1.45. The molecule has 5 heteroatoms. The second kappa shape index (κ2) is 4.66. The van der Waals surface area contributed by atoms with Crippen LogP contribution in [0.4, 0.5) is 4.39 Å². The highest BCUT2D eigenvalue weighted by Gasteiger charge is 2.18. The molecule has 2 N–H and O–H groups in total. The molecule has 100 valence electrons. The monoisotopic (exact) mass is 261 g/mol. The molecule has 0 amide bonds. The molecule has 1 aliphatic rings. The standard InChI is InChI=1S/C14H16FN3O/c1-19-13-4-2-9(6-11(13)15)12-8-18-7-10(16)3-5-14(18)17-12/h2,4,6,8,10H,3,5,7,16H2,1H3. The van der Waals surface area contributed by atoms with E-state index in [0.29, 0.717) is 0 Å². The van der Waals surface area contributed by atoms with E-state index in [1.54, 1.807) is 6.07 Å². The lowest BCUT2D eigenvalue weighted by atomic mass is 10.1. The van der Waals surface area contributed by atoms with Crippen molar-refractivity contribution in [3.63, 3.8) is 0 Å². The molecule has 4 nitrogen and oxygen atoms in total. The molecule has 0 bridgehead atoms. The minimum absolute atomic E-state index is 0.183. The summed E-state index contributed by atoms with van der Waals surface area (Å²) in [4.78, 5) is 4.55. The highest BCUT2D eigenvalue weighted by Crippen LogP contribution is 2.26. The Balaban J connectivity index is 1.96. The Morgan fingerprint density at radius 1 is 1.47 bits per heavy atom. The van der Waals surface area contributed by atoms with Crippen LogP contribution in [-0.2, 0) is 13.0 Å². The van der Waals surface area contributed by atoms with Crippen LogP contribution >= 0.6 is 0 Å². The van der Waals surface area contributed by atoms with Gasteiger partial charge < -0.3 is 15.0 Å². The second-order valence-electron chi connectivity index (χ2n) is 4.84. The first-order chi connectivity index (χ1) is 9.17. The van der Waals surface area contributed by atoms with Crippen LogP contribution in [0.5, 0.6) is 5.75 Å². The molecule has 0 saturated carbocycles. The zero-order chi connectivity index (χ0) is 13.4. The van der Waals surface area contributed by atoms with Crippen LogP contribution in [0.15, 0.2) is 24.4 Å². The molecule has 0 spiro atoms. The van der Waals surface area contributed by atoms with E-state index in [2.05, 4.69) is 9.55 Å². The van der Waals surface area contributed by atoms with E-state index in [1.165, 1.54) is 13.2 Å². The SMILES string of the molecule is COc1ccc(-c2cn3c(n2)CCC(N)C3)cc1F. The number of hydrogen-bond donors (Lipinski definition) is 1. The van der Waals surface area contributed by atoms with E-state index < -0.39 is 0 Å². The largest absolute Gasteiger partial charge is 0.494 e. The number of fused-ring (bicyclic) bond motifs is 1. The average molecular weight is 261 g/mol. The van der Waals surface area contributed by atoms with Crippen molar-refractivity contribution in [2.75, 3.05) is 7.11 Å². The summed E-state index contributed by atoms with van der Waals surface area (Å²) in [5, 5.41) is 0. The first-order valence-electron chi connectivity index (χ1n) is 6.33. The number of aryl methyl sites for hydroxylation is 1. The zero-order valence-electron chi connectivity index (χ0n) is 10.8. The third-order valence-corrected chi connectivity index (χ3v) is 3.48. The Bertz CT molecular complexity index is 609. The number of nitrogens with zero attached hydrogens (tertiary/aromatic N) is 2. The van der Waals surface area contributed by atoms with Gasteiger partial charge in [-0.3, -0.25) is 0 Å². The first kappa shape index (κ1) is 12.2. The quantitative estimate of drug-likeness (QED) is 0.899. The van der Waals surface area contributed by atoms with Crippen LogP contribution in [0.25, 0.3) is 11.3 Å². The fourth-order valence-corrected chi connectivity index (χ4v) is 2.44. The van der Waals surface area contributed by atoms with E-state index in [4.69, 9.17) is 10.5 Å². The molecule has 1 aromatic heterocycles. The molecule has 0 saturated heterocycles. The van der Waals surface area contributed by atoms with Gasteiger partial charge in [-0.2, -0.15) is 0 Å². The van der Waals surface area contributed by atoms with E-state index in [1.807, 2.05) is 12.3 Å². The van der Waals surface area contributed by atoms with Crippen molar-refractivity contribution in [3.05, 3.63) is 36.0 Å². The molecular formula is C14H16FN3O.